The molecule has 0 spiro atoms. The first-order valence-corrected chi connectivity index (χ1v) is 17.9. The molecule has 9 nitrogen and oxygen atoms in total. The Balaban J connectivity index is 1.10. The van der Waals surface area contributed by atoms with Crippen molar-refractivity contribution in [2.45, 2.75) is 101 Å². The Kier molecular flexibility index (Phi) is 9.24. The number of anilines is 1. The van der Waals surface area contributed by atoms with Crippen molar-refractivity contribution >= 4 is 17.7 Å². The third kappa shape index (κ3) is 6.71. The summed E-state index contributed by atoms with van der Waals surface area (Å²) in [5.74, 6) is 2.22. The molecule has 2 aromatic carbocycles. The van der Waals surface area contributed by atoms with E-state index >= 15 is 0 Å². The van der Waals surface area contributed by atoms with Gasteiger partial charge >= 0.3 is 6.09 Å². The molecule has 9 heteroatoms. The third-order valence-electron chi connectivity index (χ3n) is 11.7. The highest BCUT2D eigenvalue weighted by atomic mass is 16.6. The number of ether oxygens (including phenoxy) is 2. The summed E-state index contributed by atoms with van der Waals surface area (Å²) >= 11 is 0. The van der Waals surface area contributed by atoms with E-state index in [2.05, 4.69) is 53.5 Å². The number of amides is 2. The van der Waals surface area contributed by atoms with E-state index in [0.717, 1.165) is 80.0 Å². The zero-order valence-electron chi connectivity index (χ0n) is 28.3. The molecule has 0 unspecified atom stereocenters. The maximum Gasteiger partial charge on any atom is 0.407 e. The Labute approximate surface area is 283 Å². The van der Waals surface area contributed by atoms with Gasteiger partial charge in [0.05, 0.1) is 13.7 Å². The molecule has 48 heavy (non-hydrogen) atoms. The zero-order valence-corrected chi connectivity index (χ0v) is 28.3. The molecule has 0 atom stereocenters. The van der Waals surface area contributed by atoms with Crippen LogP contribution in [-0.4, -0.2) is 55.0 Å². The van der Waals surface area contributed by atoms with E-state index in [1.54, 1.807) is 13.4 Å². The molecule has 5 aliphatic rings. The van der Waals surface area contributed by atoms with Crippen molar-refractivity contribution in [2.75, 3.05) is 31.7 Å². The van der Waals surface area contributed by atoms with Crippen molar-refractivity contribution in [3.63, 3.8) is 0 Å². The molecule has 2 bridgehead atoms. The van der Waals surface area contributed by atoms with Gasteiger partial charge in [0, 0.05) is 36.2 Å². The van der Waals surface area contributed by atoms with Gasteiger partial charge < -0.3 is 29.2 Å². The minimum Gasteiger partial charge on any atom is -0.496 e. The highest BCUT2D eigenvalue weighted by Gasteiger charge is 2.50. The summed E-state index contributed by atoms with van der Waals surface area (Å²) in [6, 6.07) is 15.0. The average molecular weight is 656 g/mol. The first-order valence-electron chi connectivity index (χ1n) is 17.9. The van der Waals surface area contributed by atoms with Crippen LogP contribution in [-0.2, 0) is 14.9 Å². The van der Waals surface area contributed by atoms with Gasteiger partial charge in [-0.05, 0) is 124 Å². The van der Waals surface area contributed by atoms with Crippen LogP contribution in [0.4, 0.5) is 10.5 Å². The number of carbonyl (C=O) groups is 2. The van der Waals surface area contributed by atoms with E-state index in [1.807, 2.05) is 6.07 Å². The maximum absolute atomic E-state index is 14.6. The molecule has 0 saturated heterocycles. The fourth-order valence-electron chi connectivity index (χ4n) is 8.54. The lowest BCUT2D eigenvalue weighted by molar-refractivity contribution is -0.124. The molecular weight excluding hydrogens is 606 g/mol. The predicted molar refractivity (Wildman–Crippen MR) is 183 cm³/mol. The number of aryl methyl sites for hydroxylation is 1. The van der Waals surface area contributed by atoms with E-state index in [4.69, 9.17) is 24.0 Å². The van der Waals surface area contributed by atoms with Crippen LogP contribution >= 0.6 is 0 Å². The Bertz CT molecular complexity index is 1600. The fraction of sp³-hybridized carbons (Fsp3) is 0.564. The quantitative estimate of drug-likeness (QED) is 0.221. The van der Waals surface area contributed by atoms with Crippen molar-refractivity contribution < 1.29 is 28.6 Å². The lowest BCUT2D eigenvalue weighted by atomic mass is 9.51. The number of fused-ring (bicyclic) bond motifs is 3. The van der Waals surface area contributed by atoms with Crippen LogP contribution < -0.4 is 15.0 Å². The van der Waals surface area contributed by atoms with Crippen LogP contribution in [0.2, 0.25) is 0 Å². The highest BCUT2D eigenvalue weighted by Crippen LogP contribution is 2.58. The number of aromatic nitrogens is 1. The van der Waals surface area contributed by atoms with Gasteiger partial charge in [-0.2, -0.15) is 0 Å². The van der Waals surface area contributed by atoms with Crippen molar-refractivity contribution in [1.82, 2.24) is 10.3 Å². The third-order valence-corrected chi connectivity index (χ3v) is 11.7. The summed E-state index contributed by atoms with van der Waals surface area (Å²) in [5.41, 5.74) is 5.58. The second-order valence-corrected chi connectivity index (χ2v) is 14.8. The van der Waals surface area contributed by atoms with Crippen LogP contribution in [0.25, 0.3) is 11.3 Å². The first kappa shape index (κ1) is 32.7. The Morgan fingerprint density at radius 1 is 1.00 bits per heavy atom. The number of aliphatic hydroxyl groups excluding tert-OH is 1. The van der Waals surface area contributed by atoms with E-state index < -0.39 is 6.09 Å². The number of carbonyl (C=O) groups excluding carboxylic acids is 2. The monoisotopic (exact) mass is 655 g/mol. The minimum absolute atomic E-state index is 0.0765. The number of hydrogen-bond acceptors (Lipinski definition) is 7. The molecule has 2 N–H and O–H groups in total. The van der Waals surface area contributed by atoms with Crippen LogP contribution in [0.1, 0.15) is 100.0 Å². The Morgan fingerprint density at radius 2 is 1.75 bits per heavy atom. The second kappa shape index (κ2) is 13.6. The standard InChI is InChI=1S/C39H49N3O6/c1-26-22-30(10-13-34(26)46-2)39-17-14-38(15-18-39,16-19-39)25-42(36(44)28-8-11-32(12-9-28)48-37(45)40-20-21-43)31-5-3-4-29(23-31)33-24-47-35(41-33)27-6-7-27/h3-5,10,13,22-24,27-28,32,43H,6-9,11-12,14-21,25H2,1-2H3,(H,40,45). The predicted octanol–water partition coefficient (Wildman–Crippen LogP) is 7.44. The SMILES string of the molecule is COc1ccc(C23CCC(CN(C(=O)C4CCC(OC(=O)NCCO)CC4)c4cccc(-c5coc(C6CC6)n5)c4)(CC2)CC3)cc1C. The molecule has 256 valence electrons. The fourth-order valence-corrected chi connectivity index (χ4v) is 8.54. The molecule has 0 radical (unpaired) electrons. The number of nitrogens with zero attached hydrogens (tertiary/aromatic N) is 2. The summed E-state index contributed by atoms with van der Waals surface area (Å²) in [6.45, 7) is 2.87. The van der Waals surface area contributed by atoms with E-state index in [-0.39, 0.29) is 41.9 Å². The van der Waals surface area contributed by atoms with Crippen LogP contribution in [0.3, 0.4) is 0 Å². The topological polar surface area (TPSA) is 114 Å². The lowest BCUT2D eigenvalue weighted by Gasteiger charge is -2.55. The molecule has 5 fully saturated rings. The van der Waals surface area contributed by atoms with Crippen molar-refractivity contribution in [3.05, 3.63) is 65.7 Å². The highest BCUT2D eigenvalue weighted by molar-refractivity contribution is 5.95. The Morgan fingerprint density at radius 3 is 2.42 bits per heavy atom. The van der Waals surface area contributed by atoms with Crippen molar-refractivity contribution in [3.8, 4) is 17.0 Å². The molecule has 5 saturated carbocycles. The van der Waals surface area contributed by atoms with E-state index in [1.165, 1.54) is 11.1 Å². The van der Waals surface area contributed by atoms with Gasteiger partial charge in [0.2, 0.25) is 5.91 Å². The van der Waals surface area contributed by atoms with Gasteiger partial charge in [-0.3, -0.25) is 4.79 Å². The Hall–Kier alpha value is -3.85. The minimum atomic E-state index is -0.510. The molecule has 3 aromatic rings. The number of aliphatic hydroxyl groups is 1. The number of hydrogen-bond donors (Lipinski definition) is 2. The van der Waals surface area contributed by atoms with Gasteiger partial charge in [-0.15, -0.1) is 0 Å². The van der Waals surface area contributed by atoms with Crippen LogP contribution in [0.5, 0.6) is 5.75 Å². The smallest absolute Gasteiger partial charge is 0.407 e. The van der Waals surface area contributed by atoms with Gasteiger partial charge in [0.15, 0.2) is 5.89 Å². The second-order valence-electron chi connectivity index (χ2n) is 14.8. The van der Waals surface area contributed by atoms with Gasteiger partial charge in [-0.25, -0.2) is 9.78 Å². The maximum atomic E-state index is 14.6. The molecule has 2 amide bonds. The van der Waals surface area contributed by atoms with Crippen LogP contribution in [0, 0.1) is 18.3 Å². The summed E-state index contributed by atoms with van der Waals surface area (Å²) in [7, 11) is 1.73. The van der Waals surface area contributed by atoms with Crippen molar-refractivity contribution in [2.24, 2.45) is 11.3 Å². The largest absolute Gasteiger partial charge is 0.496 e. The summed E-state index contributed by atoms with van der Waals surface area (Å²) in [5, 5.41) is 11.6. The molecule has 8 rings (SSSR count). The number of alkyl carbamates (subject to hydrolysis) is 1. The number of methoxy groups -OCH3 is 1. The summed E-state index contributed by atoms with van der Waals surface area (Å²) < 4.78 is 16.9. The molecule has 1 aromatic heterocycles. The van der Waals surface area contributed by atoms with Gasteiger partial charge in [-0.1, -0.05) is 24.3 Å². The van der Waals surface area contributed by atoms with Crippen molar-refractivity contribution in [1.29, 1.82) is 0 Å². The van der Waals surface area contributed by atoms with Gasteiger partial charge in [0.1, 0.15) is 23.8 Å². The zero-order chi connectivity index (χ0) is 33.3. The number of benzene rings is 2. The lowest BCUT2D eigenvalue weighted by Crippen LogP contribution is -2.51. The first-order chi connectivity index (χ1) is 23.3. The van der Waals surface area contributed by atoms with E-state index in [0.29, 0.717) is 38.1 Å². The van der Waals surface area contributed by atoms with E-state index in [9.17, 15) is 9.59 Å². The molecule has 0 aliphatic heterocycles. The normalized spacial score (nSPS) is 26.6. The molecule has 5 aliphatic carbocycles. The average Bonchev–Trinajstić information content (AvgIpc) is 3.86. The van der Waals surface area contributed by atoms with Crippen LogP contribution in [0.15, 0.2) is 53.1 Å². The molecule has 1 heterocycles. The number of nitrogens with one attached hydrogen (secondary N) is 1. The molecular formula is C39H49N3O6. The van der Waals surface area contributed by atoms with Gasteiger partial charge in [0.25, 0.3) is 0 Å². The summed E-state index contributed by atoms with van der Waals surface area (Å²) in [4.78, 5) is 33.5. The summed E-state index contributed by atoms with van der Waals surface area (Å²) in [6.07, 6.45) is 12.6. The number of rotatable bonds is 11. The number of oxazole rings is 1.